The Morgan fingerprint density at radius 1 is 1.29 bits per heavy atom. The van der Waals surface area contributed by atoms with Crippen molar-refractivity contribution in [1.82, 2.24) is 0 Å². The molecule has 0 saturated carbocycles. The van der Waals surface area contributed by atoms with Crippen molar-refractivity contribution >= 4 is 5.69 Å². The maximum Gasteiger partial charge on any atom is 0.145 e. The van der Waals surface area contributed by atoms with Crippen LogP contribution in [0.5, 0.6) is 11.5 Å². The van der Waals surface area contributed by atoms with Crippen molar-refractivity contribution in [1.29, 1.82) is 0 Å². The molecule has 0 spiro atoms. The van der Waals surface area contributed by atoms with Crippen molar-refractivity contribution in [2.75, 3.05) is 32.8 Å². The van der Waals surface area contributed by atoms with Crippen LogP contribution in [-0.4, -0.2) is 27.9 Å². The van der Waals surface area contributed by atoms with Gasteiger partial charge in [0.25, 0.3) is 0 Å². The second kappa shape index (κ2) is 4.72. The van der Waals surface area contributed by atoms with Crippen LogP contribution >= 0.6 is 0 Å². The van der Waals surface area contributed by atoms with Gasteiger partial charge in [-0.25, -0.2) is 0 Å². The number of hydrogen-bond acceptors (Lipinski definition) is 4. The number of benzene rings is 1. The lowest BCUT2D eigenvalue weighted by atomic mass is 10.2. The summed E-state index contributed by atoms with van der Waals surface area (Å²) in [4.78, 5) is 1.90. The van der Waals surface area contributed by atoms with Gasteiger partial charge in [-0.1, -0.05) is 0 Å². The van der Waals surface area contributed by atoms with E-state index in [9.17, 15) is 0 Å². The molecule has 4 nitrogen and oxygen atoms in total. The van der Waals surface area contributed by atoms with Crippen LogP contribution in [0.25, 0.3) is 0 Å². The summed E-state index contributed by atoms with van der Waals surface area (Å²) in [5.74, 6) is 1.54. The molecule has 14 heavy (non-hydrogen) atoms. The van der Waals surface area contributed by atoms with E-state index in [0.29, 0.717) is 6.67 Å². The highest BCUT2D eigenvalue weighted by Gasteiger charge is 2.07. The van der Waals surface area contributed by atoms with Gasteiger partial charge in [-0.15, -0.1) is 0 Å². The van der Waals surface area contributed by atoms with Crippen LogP contribution in [-0.2, 0) is 0 Å². The maximum atomic E-state index is 5.54. The normalized spacial score (nSPS) is 9.71. The Bertz CT molecular complexity index is 302. The average molecular weight is 196 g/mol. The van der Waals surface area contributed by atoms with E-state index in [-0.39, 0.29) is 0 Å². The average Bonchev–Trinajstić information content (AvgIpc) is 2.27. The molecule has 0 fully saturated rings. The Labute approximate surface area is 84.2 Å². The van der Waals surface area contributed by atoms with E-state index < -0.39 is 0 Å². The first-order chi connectivity index (χ1) is 6.72. The fraction of sp³-hybridized carbons (Fsp3) is 0.400. The molecule has 0 amide bonds. The largest absolute Gasteiger partial charge is 0.497 e. The second-order valence-corrected chi connectivity index (χ2v) is 2.92. The fourth-order valence-electron chi connectivity index (χ4n) is 1.20. The molecule has 0 unspecified atom stereocenters. The second-order valence-electron chi connectivity index (χ2n) is 2.92. The van der Waals surface area contributed by atoms with Crippen molar-refractivity contribution < 1.29 is 9.47 Å². The van der Waals surface area contributed by atoms with Crippen LogP contribution in [0.1, 0.15) is 0 Å². The molecule has 2 N–H and O–H groups in total. The van der Waals surface area contributed by atoms with Crippen molar-refractivity contribution in [3.8, 4) is 11.5 Å². The van der Waals surface area contributed by atoms with Crippen molar-refractivity contribution in [2.24, 2.45) is 5.73 Å². The molecule has 1 rings (SSSR count). The summed E-state index contributed by atoms with van der Waals surface area (Å²) in [5, 5.41) is 0. The van der Waals surface area contributed by atoms with E-state index in [2.05, 4.69) is 0 Å². The molecule has 0 radical (unpaired) electrons. The van der Waals surface area contributed by atoms with Crippen LogP contribution < -0.4 is 20.1 Å². The monoisotopic (exact) mass is 196 g/mol. The summed E-state index contributed by atoms with van der Waals surface area (Å²) in [7, 11) is 5.16. The highest BCUT2D eigenvalue weighted by Crippen LogP contribution is 2.30. The molecular weight excluding hydrogens is 180 g/mol. The molecule has 78 valence electrons. The first kappa shape index (κ1) is 10.7. The Morgan fingerprint density at radius 3 is 2.50 bits per heavy atom. The topological polar surface area (TPSA) is 47.7 Å². The van der Waals surface area contributed by atoms with Crippen molar-refractivity contribution in [3.63, 3.8) is 0 Å². The summed E-state index contributed by atoms with van der Waals surface area (Å²) in [6.07, 6.45) is 0. The van der Waals surface area contributed by atoms with Gasteiger partial charge in [0.1, 0.15) is 11.5 Å². The molecule has 4 heteroatoms. The van der Waals surface area contributed by atoms with Crippen LogP contribution in [0.15, 0.2) is 18.2 Å². The highest BCUT2D eigenvalue weighted by molar-refractivity contribution is 5.60. The third-order valence-corrected chi connectivity index (χ3v) is 2.07. The highest BCUT2D eigenvalue weighted by atomic mass is 16.5. The van der Waals surface area contributed by atoms with Crippen molar-refractivity contribution in [2.45, 2.75) is 0 Å². The van der Waals surface area contributed by atoms with Crippen LogP contribution in [0.3, 0.4) is 0 Å². The molecule has 0 aliphatic rings. The van der Waals surface area contributed by atoms with Gasteiger partial charge in [-0.05, 0) is 12.1 Å². The Kier molecular flexibility index (Phi) is 3.59. The van der Waals surface area contributed by atoms with Crippen molar-refractivity contribution in [3.05, 3.63) is 18.2 Å². The van der Waals surface area contributed by atoms with Gasteiger partial charge in [-0.2, -0.15) is 0 Å². The van der Waals surface area contributed by atoms with E-state index in [4.69, 9.17) is 15.2 Å². The number of nitrogens with two attached hydrogens (primary N) is 1. The third kappa shape index (κ3) is 2.09. The zero-order chi connectivity index (χ0) is 10.6. The first-order valence-electron chi connectivity index (χ1n) is 4.36. The van der Waals surface area contributed by atoms with Gasteiger partial charge < -0.3 is 20.1 Å². The summed E-state index contributed by atoms with van der Waals surface area (Å²) in [5.41, 5.74) is 6.49. The van der Waals surface area contributed by atoms with E-state index in [1.54, 1.807) is 14.2 Å². The van der Waals surface area contributed by atoms with Gasteiger partial charge in [0.2, 0.25) is 0 Å². The fourth-order valence-corrected chi connectivity index (χ4v) is 1.20. The predicted octanol–water partition coefficient (Wildman–Crippen LogP) is 1.06. The first-order valence-corrected chi connectivity index (χ1v) is 4.36. The molecule has 0 saturated heterocycles. The maximum absolute atomic E-state index is 5.54. The standard InChI is InChI=1S/C10H16N2O2/c1-12(7-11)9-5-4-8(13-2)6-10(9)14-3/h4-6H,7,11H2,1-3H3. The zero-order valence-electron chi connectivity index (χ0n) is 8.78. The molecule has 0 aliphatic heterocycles. The lowest BCUT2D eigenvalue weighted by Gasteiger charge is -2.19. The molecule has 0 bridgehead atoms. The van der Waals surface area contributed by atoms with Crippen LogP contribution in [0, 0.1) is 0 Å². The Hall–Kier alpha value is -1.42. The number of nitrogens with zero attached hydrogens (tertiary/aromatic N) is 1. The zero-order valence-corrected chi connectivity index (χ0v) is 8.78. The number of methoxy groups -OCH3 is 2. The number of anilines is 1. The van der Waals surface area contributed by atoms with E-state index in [1.807, 2.05) is 30.1 Å². The minimum Gasteiger partial charge on any atom is -0.497 e. The number of hydrogen-bond donors (Lipinski definition) is 1. The van der Waals surface area contributed by atoms with E-state index in [0.717, 1.165) is 17.2 Å². The van der Waals surface area contributed by atoms with Crippen LogP contribution in [0.2, 0.25) is 0 Å². The van der Waals surface area contributed by atoms with Crippen LogP contribution in [0.4, 0.5) is 5.69 Å². The lowest BCUT2D eigenvalue weighted by molar-refractivity contribution is 0.394. The smallest absolute Gasteiger partial charge is 0.145 e. The third-order valence-electron chi connectivity index (χ3n) is 2.07. The minimum absolute atomic E-state index is 0.447. The molecule has 0 aliphatic carbocycles. The summed E-state index contributed by atoms with van der Waals surface area (Å²) >= 11 is 0. The Morgan fingerprint density at radius 2 is 2.00 bits per heavy atom. The van der Waals surface area contributed by atoms with Gasteiger partial charge in [0, 0.05) is 13.1 Å². The quantitative estimate of drug-likeness (QED) is 0.731. The van der Waals surface area contributed by atoms with Gasteiger partial charge in [0.15, 0.2) is 0 Å². The lowest BCUT2D eigenvalue weighted by Crippen LogP contribution is -2.25. The van der Waals surface area contributed by atoms with E-state index in [1.165, 1.54) is 0 Å². The minimum atomic E-state index is 0.447. The molecule has 0 atom stereocenters. The summed E-state index contributed by atoms with van der Waals surface area (Å²) in [6, 6.07) is 5.63. The molecule has 0 heterocycles. The summed E-state index contributed by atoms with van der Waals surface area (Å²) in [6.45, 7) is 0.447. The van der Waals surface area contributed by atoms with Gasteiger partial charge in [0.05, 0.1) is 26.6 Å². The Balaban J connectivity index is 3.04. The number of ether oxygens (including phenoxy) is 2. The van der Waals surface area contributed by atoms with E-state index >= 15 is 0 Å². The predicted molar refractivity (Wildman–Crippen MR) is 57.0 cm³/mol. The summed E-state index contributed by atoms with van der Waals surface area (Å²) < 4.78 is 10.3. The molecule has 1 aromatic rings. The molecule has 1 aromatic carbocycles. The number of rotatable bonds is 4. The molecule has 0 aromatic heterocycles. The van der Waals surface area contributed by atoms with Gasteiger partial charge in [-0.3, -0.25) is 0 Å². The SMILES string of the molecule is COc1ccc(N(C)CN)c(OC)c1. The molecular formula is C10H16N2O2. The van der Waals surface area contributed by atoms with Gasteiger partial charge >= 0.3 is 0 Å².